The van der Waals surface area contributed by atoms with Crippen molar-refractivity contribution in [3.63, 3.8) is 0 Å². The van der Waals surface area contributed by atoms with Gasteiger partial charge in [0, 0.05) is 32.3 Å². The molecule has 0 aromatic carbocycles. The van der Waals surface area contributed by atoms with Gasteiger partial charge in [-0.05, 0) is 25.5 Å². The number of methoxy groups -OCH3 is 1. The molecule has 1 fully saturated rings. The Morgan fingerprint density at radius 2 is 2.09 bits per heavy atom. The number of nitrogens with one attached hydrogen (secondary N) is 2. The van der Waals surface area contributed by atoms with E-state index in [1.807, 2.05) is 0 Å². The highest BCUT2D eigenvalue weighted by Crippen LogP contribution is 2.48. The van der Waals surface area contributed by atoms with E-state index in [-0.39, 0.29) is 24.5 Å². The summed E-state index contributed by atoms with van der Waals surface area (Å²) in [6, 6.07) is 0. The number of nitrogens with zero attached hydrogens (tertiary/aromatic N) is 1. The van der Waals surface area contributed by atoms with Crippen LogP contribution >= 0.6 is 7.82 Å². The zero-order valence-corrected chi connectivity index (χ0v) is 20.6. The molecule has 1 aliphatic rings. The van der Waals surface area contributed by atoms with E-state index in [0.29, 0.717) is 13.1 Å². The maximum Gasteiger partial charge on any atom is 0.499 e. The average Bonchev–Trinajstić information content (AvgIpc) is 3.17. The van der Waals surface area contributed by atoms with E-state index in [0.717, 1.165) is 37.4 Å². The van der Waals surface area contributed by atoms with Crippen molar-refractivity contribution in [2.24, 2.45) is 5.73 Å². The fourth-order valence-corrected chi connectivity index (χ4v) is 4.26. The highest BCUT2D eigenvalue weighted by molar-refractivity contribution is 7.47. The number of unbranched alkanes of at least 4 members (excludes halogenated alkanes) is 3. The Labute approximate surface area is 201 Å². The molecule has 1 aromatic heterocycles. The Kier molecular flexibility index (Phi) is 12.0. The normalized spacial score (nSPS) is 21.9. The van der Waals surface area contributed by atoms with Crippen molar-refractivity contribution in [2.45, 2.75) is 50.5 Å². The molecule has 4 atom stereocenters. The van der Waals surface area contributed by atoms with Crippen molar-refractivity contribution in [3.05, 3.63) is 38.7 Å². The standard InChI is InChI=1S/C20H33N4O10P/c1-30-13-16-15(33-35(28,29)34-31-2)11-18(32-16)24-12-14(19(26)23-20(24)27)7-8-17(25)22-10-6-4-3-5-9-21/h7-8,12,15-16,18H,3-6,9-11,13,21H2,1-2H3,(H,22,25)(H,28,29)(H,23,26,27)/b8-7+/t15?,16-,18-/m1/s1. The van der Waals surface area contributed by atoms with Crippen molar-refractivity contribution in [1.82, 2.24) is 14.9 Å². The van der Waals surface area contributed by atoms with Crippen LogP contribution in [-0.2, 0) is 32.9 Å². The predicted molar refractivity (Wildman–Crippen MR) is 124 cm³/mol. The third-order valence-electron chi connectivity index (χ3n) is 5.10. The van der Waals surface area contributed by atoms with Crippen LogP contribution in [0.25, 0.3) is 6.08 Å². The number of carbonyl (C=O) groups excluding carboxylic acids is 1. The summed E-state index contributed by atoms with van der Waals surface area (Å²) in [6.45, 7) is 1.12. The molecule has 2 heterocycles. The Morgan fingerprint density at radius 1 is 1.34 bits per heavy atom. The minimum atomic E-state index is -4.55. The third-order valence-corrected chi connectivity index (χ3v) is 5.97. The summed E-state index contributed by atoms with van der Waals surface area (Å²) in [5, 5.41) is 2.72. The molecule has 5 N–H and O–H groups in total. The van der Waals surface area contributed by atoms with Crippen LogP contribution in [0.4, 0.5) is 0 Å². The second-order valence-electron chi connectivity index (χ2n) is 7.75. The molecule has 0 bridgehead atoms. The van der Waals surface area contributed by atoms with Crippen molar-refractivity contribution in [1.29, 1.82) is 0 Å². The molecule has 0 saturated carbocycles. The molecular formula is C20H33N4O10P. The number of ether oxygens (including phenoxy) is 2. The number of nitrogens with two attached hydrogens (primary N) is 1. The maximum atomic E-state index is 12.4. The Morgan fingerprint density at radius 3 is 2.77 bits per heavy atom. The second kappa shape index (κ2) is 14.4. The number of hydrogen-bond acceptors (Lipinski definition) is 10. The summed E-state index contributed by atoms with van der Waals surface area (Å²) in [5.74, 6) is -0.386. The summed E-state index contributed by atoms with van der Waals surface area (Å²) in [5.41, 5.74) is 4.02. The van der Waals surface area contributed by atoms with Gasteiger partial charge in [-0.25, -0.2) is 14.2 Å². The van der Waals surface area contributed by atoms with Crippen molar-refractivity contribution >= 4 is 19.8 Å². The SMILES string of the molecule is COC[C@H]1O[C@@H](n2cc(/C=C/C(=O)NCCCCCCN)c(=O)[nH]c2=O)CC1OP(=O)(O)OOC. The number of aromatic amines is 1. The van der Waals surface area contributed by atoms with Gasteiger partial charge in [0.1, 0.15) is 18.4 Å². The summed E-state index contributed by atoms with van der Waals surface area (Å²) in [4.78, 5) is 52.8. The smallest absolute Gasteiger partial charge is 0.382 e. The molecule has 1 aromatic rings. The number of aromatic nitrogens is 2. The summed E-state index contributed by atoms with van der Waals surface area (Å²) < 4.78 is 33.2. The first-order valence-electron chi connectivity index (χ1n) is 11.1. The van der Waals surface area contributed by atoms with Gasteiger partial charge in [0.05, 0.1) is 19.3 Å². The first-order valence-corrected chi connectivity index (χ1v) is 12.6. The Bertz CT molecular complexity index is 1010. The lowest BCUT2D eigenvalue weighted by atomic mass is 10.2. The molecule has 0 spiro atoms. The van der Waals surface area contributed by atoms with Gasteiger partial charge in [-0.1, -0.05) is 12.8 Å². The zero-order chi connectivity index (χ0) is 25.8. The van der Waals surface area contributed by atoms with E-state index in [9.17, 15) is 23.8 Å². The minimum absolute atomic E-state index is 0.00853. The van der Waals surface area contributed by atoms with Gasteiger partial charge < -0.3 is 25.4 Å². The van der Waals surface area contributed by atoms with Crippen LogP contribution in [0.2, 0.25) is 0 Å². The van der Waals surface area contributed by atoms with E-state index in [1.54, 1.807) is 0 Å². The number of hydrogen-bond donors (Lipinski definition) is 4. The van der Waals surface area contributed by atoms with Gasteiger partial charge in [-0.3, -0.25) is 23.7 Å². The van der Waals surface area contributed by atoms with Crippen molar-refractivity contribution < 1.29 is 37.8 Å². The first kappa shape index (κ1) is 29.1. The molecule has 1 amide bonds. The van der Waals surface area contributed by atoms with Crippen LogP contribution in [0.15, 0.2) is 21.9 Å². The van der Waals surface area contributed by atoms with Gasteiger partial charge in [0.15, 0.2) is 0 Å². The Hall–Kier alpha value is -2.16. The van der Waals surface area contributed by atoms with E-state index < -0.39 is 37.5 Å². The molecule has 1 aliphatic heterocycles. The summed E-state index contributed by atoms with van der Waals surface area (Å²) >= 11 is 0. The van der Waals surface area contributed by atoms with E-state index >= 15 is 0 Å². The van der Waals surface area contributed by atoms with Gasteiger partial charge in [0.25, 0.3) is 5.56 Å². The zero-order valence-electron chi connectivity index (χ0n) is 19.7. The van der Waals surface area contributed by atoms with Crippen LogP contribution in [-0.4, -0.2) is 66.5 Å². The van der Waals surface area contributed by atoms with Crippen molar-refractivity contribution in [3.8, 4) is 0 Å². The highest BCUT2D eigenvalue weighted by atomic mass is 31.2. The molecule has 35 heavy (non-hydrogen) atoms. The maximum absolute atomic E-state index is 12.4. The lowest BCUT2D eigenvalue weighted by molar-refractivity contribution is -0.202. The fourth-order valence-electron chi connectivity index (χ4n) is 3.47. The minimum Gasteiger partial charge on any atom is -0.382 e. The van der Waals surface area contributed by atoms with Crippen LogP contribution in [0.1, 0.15) is 43.9 Å². The van der Waals surface area contributed by atoms with Crippen LogP contribution < -0.4 is 22.3 Å². The highest BCUT2D eigenvalue weighted by Gasteiger charge is 2.42. The molecule has 0 aliphatic carbocycles. The lowest BCUT2D eigenvalue weighted by Crippen LogP contribution is -2.33. The van der Waals surface area contributed by atoms with E-state index in [4.69, 9.17) is 19.7 Å². The number of phosphoric ester groups is 1. The summed E-state index contributed by atoms with van der Waals surface area (Å²) in [6.07, 6.45) is 4.61. The van der Waals surface area contributed by atoms with E-state index in [1.165, 1.54) is 25.5 Å². The monoisotopic (exact) mass is 520 g/mol. The molecule has 14 nitrogen and oxygen atoms in total. The lowest BCUT2D eigenvalue weighted by Gasteiger charge is -2.19. The third kappa shape index (κ3) is 9.43. The quantitative estimate of drug-likeness (QED) is 0.0810. The van der Waals surface area contributed by atoms with Crippen molar-refractivity contribution in [2.75, 3.05) is 33.9 Å². The molecule has 0 radical (unpaired) electrons. The largest absolute Gasteiger partial charge is 0.499 e. The predicted octanol–water partition coefficient (Wildman–Crippen LogP) is 0.183. The average molecular weight is 520 g/mol. The Balaban J connectivity index is 2.09. The number of rotatable bonds is 15. The number of carbonyl (C=O) groups is 1. The molecular weight excluding hydrogens is 487 g/mol. The number of phosphoric acid groups is 1. The van der Waals surface area contributed by atoms with Crippen LogP contribution in [0.3, 0.4) is 0 Å². The van der Waals surface area contributed by atoms with E-state index in [2.05, 4.69) is 19.9 Å². The van der Waals surface area contributed by atoms with Gasteiger partial charge in [0.2, 0.25) is 5.91 Å². The fraction of sp³-hybridized carbons (Fsp3) is 0.650. The van der Waals surface area contributed by atoms with Gasteiger partial charge in [-0.2, -0.15) is 0 Å². The van der Waals surface area contributed by atoms with Crippen LogP contribution in [0.5, 0.6) is 0 Å². The molecule has 1 saturated heterocycles. The summed E-state index contributed by atoms with van der Waals surface area (Å²) in [7, 11) is -2.11. The topological polar surface area (TPSA) is 193 Å². The molecule has 2 rings (SSSR count). The molecule has 198 valence electrons. The number of H-pyrrole nitrogens is 1. The second-order valence-corrected chi connectivity index (χ2v) is 9.05. The number of amides is 1. The molecule has 15 heteroatoms. The van der Waals surface area contributed by atoms with Gasteiger partial charge >= 0.3 is 13.5 Å². The molecule has 2 unspecified atom stereocenters. The van der Waals surface area contributed by atoms with Gasteiger partial charge in [-0.15, -0.1) is 4.67 Å². The first-order chi connectivity index (χ1) is 16.7. The van der Waals surface area contributed by atoms with Crippen LogP contribution in [0, 0.1) is 0 Å².